The number of nitrogens with one attached hydrogen (secondary N) is 2. The second kappa shape index (κ2) is 15.0. The third-order valence-corrected chi connectivity index (χ3v) is 4.99. The zero-order valence-corrected chi connectivity index (χ0v) is 23.8. The molecule has 0 saturated carbocycles. The van der Waals surface area contributed by atoms with Gasteiger partial charge in [-0.1, -0.05) is 26.0 Å². The van der Waals surface area contributed by atoms with E-state index in [4.69, 9.17) is 9.47 Å². The number of amides is 2. The van der Waals surface area contributed by atoms with Gasteiger partial charge in [-0.25, -0.2) is 14.6 Å². The lowest BCUT2D eigenvalue weighted by Crippen LogP contribution is -2.42. The van der Waals surface area contributed by atoms with E-state index in [1.54, 1.807) is 6.08 Å². The third-order valence-electron chi connectivity index (χ3n) is 4.99. The van der Waals surface area contributed by atoms with Crippen LogP contribution in [0.4, 0.5) is 9.59 Å². The molecule has 2 amide bonds. The summed E-state index contributed by atoms with van der Waals surface area (Å²) >= 11 is 0. The number of ether oxygens (including phenoxy) is 3. The van der Waals surface area contributed by atoms with Crippen molar-refractivity contribution in [3.8, 4) is 5.75 Å². The number of methoxy groups -OCH3 is 1. The highest BCUT2D eigenvalue weighted by Crippen LogP contribution is 2.27. The number of nitrogens with zero attached hydrogens (tertiary/aromatic N) is 2. The molecule has 0 aliphatic heterocycles. The zero-order chi connectivity index (χ0) is 28.2. The van der Waals surface area contributed by atoms with E-state index in [-0.39, 0.29) is 11.9 Å². The van der Waals surface area contributed by atoms with Crippen LogP contribution in [-0.4, -0.2) is 63.3 Å². The summed E-state index contributed by atoms with van der Waals surface area (Å²) < 4.78 is 16.3. The Balaban J connectivity index is 3.19. The third kappa shape index (κ3) is 12.5. The Morgan fingerprint density at radius 3 is 2.38 bits per heavy atom. The summed E-state index contributed by atoms with van der Waals surface area (Å²) in [4.78, 5) is 29.9. The molecule has 1 aromatic rings. The van der Waals surface area contributed by atoms with Crippen molar-refractivity contribution in [3.63, 3.8) is 0 Å². The maximum absolute atomic E-state index is 12.4. The number of carbonyl (C=O) groups is 2. The van der Waals surface area contributed by atoms with E-state index in [2.05, 4.69) is 45.8 Å². The first-order chi connectivity index (χ1) is 17.3. The fraction of sp³-hybridized carbons (Fsp3) is 0.536. The number of aliphatic imine (C=N–C) groups is 1. The van der Waals surface area contributed by atoms with Gasteiger partial charge in [-0.3, -0.25) is 5.32 Å². The van der Waals surface area contributed by atoms with Crippen molar-refractivity contribution in [2.24, 2.45) is 10.9 Å². The average molecular weight is 517 g/mol. The van der Waals surface area contributed by atoms with Crippen LogP contribution in [0.25, 0.3) is 5.57 Å². The first-order valence-corrected chi connectivity index (χ1v) is 12.4. The van der Waals surface area contributed by atoms with Crippen LogP contribution in [0.2, 0.25) is 0 Å². The van der Waals surface area contributed by atoms with Gasteiger partial charge in [-0.05, 0) is 90.2 Å². The highest BCUT2D eigenvalue weighted by Gasteiger charge is 2.21. The Hall–Kier alpha value is -3.33. The van der Waals surface area contributed by atoms with Gasteiger partial charge in [0.05, 0.1) is 13.2 Å². The second-order valence-electron chi connectivity index (χ2n) is 10.4. The van der Waals surface area contributed by atoms with E-state index >= 15 is 0 Å². The first-order valence-electron chi connectivity index (χ1n) is 12.4. The van der Waals surface area contributed by atoms with E-state index in [1.165, 1.54) is 7.11 Å². The maximum Gasteiger partial charge on any atom is 0.412 e. The fourth-order valence-electron chi connectivity index (χ4n) is 3.52. The van der Waals surface area contributed by atoms with Gasteiger partial charge in [-0.15, -0.1) is 0 Å². The molecule has 9 heteroatoms. The number of allylic oxidation sites excluding steroid dienone is 3. The lowest BCUT2D eigenvalue weighted by atomic mass is 10.0. The molecule has 1 rings (SSSR count). The van der Waals surface area contributed by atoms with Crippen molar-refractivity contribution >= 4 is 24.5 Å². The van der Waals surface area contributed by atoms with Crippen LogP contribution >= 0.6 is 0 Å². The molecule has 0 fully saturated rings. The Kier molecular flexibility index (Phi) is 12.9. The van der Waals surface area contributed by atoms with Crippen LogP contribution in [0.5, 0.6) is 5.75 Å². The molecule has 0 aromatic heterocycles. The molecule has 0 spiro atoms. The number of hydrogen-bond acceptors (Lipinski definition) is 7. The largest absolute Gasteiger partial charge is 0.491 e. The normalized spacial score (nSPS) is 13.3. The smallest absolute Gasteiger partial charge is 0.412 e. The Morgan fingerprint density at radius 2 is 1.86 bits per heavy atom. The molecule has 0 aliphatic carbocycles. The van der Waals surface area contributed by atoms with Crippen LogP contribution in [0.15, 0.2) is 41.2 Å². The number of benzene rings is 1. The molecule has 0 unspecified atom stereocenters. The molecular formula is C28H44N4O5. The summed E-state index contributed by atoms with van der Waals surface area (Å²) in [5.41, 5.74) is 2.17. The van der Waals surface area contributed by atoms with E-state index in [1.807, 2.05) is 66.1 Å². The van der Waals surface area contributed by atoms with Gasteiger partial charge in [0.25, 0.3) is 0 Å². The predicted octanol–water partition coefficient (Wildman–Crippen LogP) is 5.37. The number of alkyl carbamates (subject to hydrolysis) is 2. The molecule has 0 radical (unpaired) electrons. The predicted molar refractivity (Wildman–Crippen MR) is 149 cm³/mol. The first kappa shape index (κ1) is 31.7. The lowest BCUT2D eigenvalue weighted by molar-refractivity contribution is 0.0480. The van der Waals surface area contributed by atoms with Crippen LogP contribution in [-0.2, 0) is 16.0 Å². The van der Waals surface area contributed by atoms with Gasteiger partial charge < -0.3 is 24.4 Å². The highest BCUT2D eigenvalue weighted by atomic mass is 16.6. The SMILES string of the molecule is C=N/C(=C\C(=C/C)c1ccc(OC[C@H](CC(C)C)NC(=O)OC(C)(C)C)c(CN(C)C)c1)NC(=O)OC. The minimum absolute atomic E-state index is 0.207. The minimum atomic E-state index is -0.623. The summed E-state index contributed by atoms with van der Waals surface area (Å²) in [5.74, 6) is 1.37. The number of hydrogen-bond donors (Lipinski definition) is 2. The molecule has 1 aromatic carbocycles. The summed E-state index contributed by atoms with van der Waals surface area (Å²) in [6.07, 6.45) is 3.31. The van der Waals surface area contributed by atoms with Gasteiger partial charge in [0.2, 0.25) is 0 Å². The van der Waals surface area contributed by atoms with E-state index in [9.17, 15) is 9.59 Å². The minimum Gasteiger partial charge on any atom is -0.491 e. The van der Waals surface area contributed by atoms with Gasteiger partial charge in [0.1, 0.15) is 23.8 Å². The van der Waals surface area contributed by atoms with Crippen molar-refractivity contribution in [1.29, 1.82) is 0 Å². The number of rotatable bonds is 12. The lowest BCUT2D eigenvalue weighted by Gasteiger charge is -2.25. The molecule has 2 N–H and O–H groups in total. The van der Waals surface area contributed by atoms with Crippen molar-refractivity contribution in [1.82, 2.24) is 15.5 Å². The monoisotopic (exact) mass is 516 g/mol. The van der Waals surface area contributed by atoms with Crippen LogP contribution in [0.3, 0.4) is 0 Å². The molecule has 9 nitrogen and oxygen atoms in total. The van der Waals surface area contributed by atoms with Gasteiger partial charge in [0.15, 0.2) is 0 Å². The summed E-state index contributed by atoms with van der Waals surface area (Å²) in [6, 6.07) is 5.69. The molecule has 0 bridgehead atoms. The van der Waals surface area contributed by atoms with Gasteiger partial charge in [-0.2, -0.15) is 0 Å². The quantitative estimate of drug-likeness (QED) is 0.286. The topological polar surface area (TPSA) is 101 Å². The molecular weight excluding hydrogens is 472 g/mol. The fourth-order valence-corrected chi connectivity index (χ4v) is 3.52. The van der Waals surface area contributed by atoms with Crippen molar-refractivity contribution < 1.29 is 23.8 Å². The van der Waals surface area contributed by atoms with Gasteiger partial charge >= 0.3 is 12.2 Å². The molecule has 0 aliphatic rings. The van der Waals surface area contributed by atoms with E-state index in [0.29, 0.717) is 19.1 Å². The Bertz CT molecular complexity index is 977. The van der Waals surface area contributed by atoms with Gasteiger partial charge in [0, 0.05) is 12.1 Å². The number of carbonyl (C=O) groups excluding carboxylic acids is 2. The molecule has 1 atom stereocenters. The van der Waals surface area contributed by atoms with Crippen molar-refractivity contribution in [2.45, 2.75) is 66.2 Å². The van der Waals surface area contributed by atoms with Crippen molar-refractivity contribution in [2.75, 3.05) is 27.8 Å². The Morgan fingerprint density at radius 1 is 1.19 bits per heavy atom. The van der Waals surface area contributed by atoms with E-state index < -0.39 is 17.8 Å². The van der Waals surface area contributed by atoms with Crippen LogP contribution in [0, 0.1) is 5.92 Å². The molecule has 37 heavy (non-hydrogen) atoms. The zero-order valence-electron chi connectivity index (χ0n) is 23.8. The van der Waals surface area contributed by atoms with E-state index in [0.717, 1.165) is 28.9 Å². The summed E-state index contributed by atoms with van der Waals surface area (Å²) in [6.45, 7) is 16.1. The molecule has 0 heterocycles. The van der Waals surface area contributed by atoms with Crippen LogP contribution in [0.1, 0.15) is 59.1 Å². The summed E-state index contributed by atoms with van der Waals surface area (Å²) in [7, 11) is 5.25. The van der Waals surface area contributed by atoms with Crippen LogP contribution < -0.4 is 15.4 Å². The summed E-state index contributed by atoms with van der Waals surface area (Å²) in [5, 5.41) is 5.49. The second-order valence-corrected chi connectivity index (χ2v) is 10.4. The molecule has 0 saturated heterocycles. The maximum atomic E-state index is 12.4. The van der Waals surface area contributed by atoms with Crippen molar-refractivity contribution in [3.05, 3.63) is 47.3 Å². The Labute approximate surface area is 221 Å². The molecule has 206 valence electrons. The average Bonchev–Trinajstić information content (AvgIpc) is 2.78. The highest BCUT2D eigenvalue weighted by molar-refractivity contribution is 5.77. The standard InChI is InChI=1S/C28H44N4O5/c1-11-20(16-25(29-7)31-26(33)35-10)21-12-13-24(22(15-21)17-32(8)9)36-18-23(14-19(2)3)30-27(34)37-28(4,5)6/h11-13,15-16,19,23H,7,14,17-18H2,1-6,8-10H3,(H,30,34)(H,31,33)/b20-11+,25-16+/t23-/m0/s1.